The summed E-state index contributed by atoms with van der Waals surface area (Å²) in [5.74, 6) is 0.361. The molecule has 0 bridgehead atoms. The van der Waals surface area contributed by atoms with Crippen LogP contribution in [0.15, 0.2) is 12.5 Å². The lowest BCUT2D eigenvalue weighted by Crippen LogP contribution is -2.45. The maximum atomic E-state index is 5.18. The Bertz CT molecular complexity index is 1290. The monoisotopic (exact) mass is 465 g/mol. The Kier molecular flexibility index (Phi) is 5.69. The first-order valence-corrected chi connectivity index (χ1v) is 12.9. The third kappa shape index (κ3) is 3.73. The molecule has 0 spiro atoms. The molecule has 8 heteroatoms. The van der Waals surface area contributed by atoms with Crippen molar-refractivity contribution in [2.24, 2.45) is 0 Å². The Morgan fingerprint density at radius 2 is 1.85 bits per heavy atom. The number of pyridine rings is 1. The zero-order valence-corrected chi connectivity index (χ0v) is 21.6. The average molecular weight is 466 g/mol. The summed E-state index contributed by atoms with van der Waals surface area (Å²) in [6.45, 7) is 15.5. The third-order valence-corrected chi connectivity index (χ3v) is 8.51. The van der Waals surface area contributed by atoms with Crippen LogP contribution in [0, 0.1) is 13.8 Å². The Balaban J connectivity index is 1.50. The zero-order valence-electron chi connectivity index (χ0n) is 20.8. The second-order valence-electron chi connectivity index (χ2n) is 10.0. The van der Waals surface area contributed by atoms with Crippen molar-refractivity contribution in [3.05, 3.63) is 29.2 Å². The number of nitrogens with zero attached hydrogens (tertiary/aromatic N) is 6. The van der Waals surface area contributed by atoms with Crippen LogP contribution in [0.3, 0.4) is 0 Å². The normalized spacial score (nSPS) is 15.9. The van der Waals surface area contributed by atoms with Crippen LogP contribution >= 0.6 is 11.3 Å². The van der Waals surface area contributed by atoms with Gasteiger partial charge in [0.2, 0.25) is 0 Å². The van der Waals surface area contributed by atoms with E-state index < -0.39 is 0 Å². The summed E-state index contributed by atoms with van der Waals surface area (Å²) in [5.41, 5.74) is 8.09. The van der Waals surface area contributed by atoms with Crippen molar-refractivity contribution in [2.45, 2.75) is 72.4 Å². The van der Waals surface area contributed by atoms with Crippen molar-refractivity contribution in [3.63, 3.8) is 0 Å². The number of nitrogens with one attached hydrogen (secondary N) is 1. The predicted molar refractivity (Wildman–Crippen MR) is 138 cm³/mol. The Morgan fingerprint density at radius 1 is 1.12 bits per heavy atom. The molecule has 0 aromatic carbocycles. The van der Waals surface area contributed by atoms with E-state index in [1.165, 1.54) is 45.6 Å². The number of hydrogen-bond donors (Lipinski definition) is 1. The summed E-state index contributed by atoms with van der Waals surface area (Å²) in [5, 5.41) is 5.54. The van der Waals surface area contributed by atoms with E-state index in [4.69, 9.17) is 4.98 Å². The summed E-state index contributed by atoms with van der Waals surface area (Å²) in [6.07, 6.45) is 6.11. The van der Waals surface area contributed by atoms with Gasteiger partial charge in [0.1, 0.15) is 16.7 Å². The SMILES string of the molecule is Cc1c(-c2[nH]c3sc(N4CCC(N(C)C(C)C)CC4)nc3c2C(C)C)cn2ncnc2c1C. The van der Waals surface area contributed by atoms with Crippen LogP contribution < -0.4 is 4.90 Å². The minimum Gasteiger partial charge on any atom is -0.348 e. The summed E-state index contributed by atoms with van der Waals surface area (Å²) >= 11 is 1.79. The van der Waals surface area contributed by atoms with Crippen LogP contribution in [0.2, 0.25) is 0 Å². The highest BCUT2D eigenvalue weighted by Crippen LogP contribution is 2.41. The van der Waals surface area contributed by atoms with E-state index in [-0.39, 0.29) is 0 Å². The fraction of sp³-hybridized carbons (Fsp3) is 0.560. The summed E-state index contributed by atoms with van der Waals surface area (Å²) in [7, 11) is 2.26. The Morgan fingerprint density at radius 3 is 2.52 bits per heavy atom. The lowest BCUT2D eigenvalue weighted by molar-refractivity contribution is 0.168. The number of rotatable bonds is 5. The topological polar surface area (TPSA) is 65.4 Å². The first kappa shape index (κ1) is 22.3. The molecule has 5 rings (SSSR count). The van der Waals surface area contributed by atoms with Crippen molar-refractivity contribution < 1.29 is 0 Å². The van der Waals surface area contributed by atoms with Gasteiger partial charge in [0, 0.05) is 42.5 Å². The van der Waals surface area contributed by atoms with E-state index in [0.717, 1.165) is 29.4 Å². The van der Waals surface area contributed by atoms with Crippen LogP contribution in [0.5, 0.6) is 0 Å². The highest BCUT2D eigenvalue weighted by atomic mass is 32.1. The van der Waals surface area contributed by atoms with Crippen LogP contribution in [0.4, 0.5) is 5.13 Å². The van der Waals surface area contributed by atoms with Gasteiger partial charge < -0.3 is 14.8 Å². The van der Waals surface area contributed by atoms with Crippen molar-refractivity contribution in [2.75, 3.05) is 25.0 Å². The van der Waals surface area contributed by atoms with Gasteiger partial charge in [-0.2, -0.15) is 5.10 Å². The molecule has 4 aromatic rings. The quantitative estimate of drug-likeness (QED) is 0.428. The molecule has 5 heterocycles. The maximum absolute atomic E-state index is 5.18. The predicted octanol–water partition coefficient (Wildman–Crippen LogP) is 5.38. The number of piperidine rings is 1. The maximum Gasteiger partial charge on any atom is 0.187 e. The van der Waals surface area contributed by atoms with Crippen molar-refractivity contribution in [1.82, 2.24) is 29.5 Å². The van der Waals surface area contributed by atoms with Gasteiger partial charge in [-0.1, -0.05) is 25.2 Å². The molecule has 0 aliphatic carbocycles. The molecular formula is C25H35N7S. The highest BCUT2D eigenvalue weighted by Gasteiger charge is 2.27. The van der Waals surface area contributed by atoms with E-state index in [2.05, 4.69) is 79.7 Å². The minimum absolute atomic E-state index is 0.361. The first-order chi connectivity index (χ1) is 15.8. The van der Waals surface area contributed by atoms with Gasteiger partial charge in [0.15, 0.2) is 10.8 Å². The van der Waals surface area contributed by atoms with Crippen molar-refractivity contribution in [1.29, 1.82) is 0 Å². The molecule has 0 saturated carbocycles. The Hall–Kier alpha value is -2.45. The van der Waals surface area contributed by atoms with E-state index in [1.807, 2.05) is 4.52 Å². The molecule has 1 aliphatic rings. The van der Waals surface area contributed by atoms with Crippen molar-refractivity contribution in [3.8, 4) is 11.3 Å². The molecular weight excluding hydrogens is 430 g/mol. The van der Waals surface area contributed by atoms with E-state index >= 15 is 0 Å². The van der Waals surface area contributed by atoms with E-state index in [0.29, 0.717) is 18.0 Å². The van der Waals surface area contributed by atoms with Crippen LogP contribution in [0.1, 0.15) is 63.1 Å². The number of H-pyrrole nitrogens is 1. The van der Waals surface area contributed by atoms with Gasteiger partial charge in [-0.25, -0.2) is 14.5 Å². The number of aromatic amines is 1. The lowest BCUT2D eigenvalue weighted by atomic mass is 9.96. The molecule has 0 atom stereocenters. The Labute approximate surface area is 199 Å². The summed E-state index contributed by atoms with van der Waals surface area (Å²) in [6, 6.07) is 1.26. The van der Waals surface area contributed by atoms with Gasteiger partial charge in [0.05, 0.1) is 5.69 Å². The lowest BCUT2D eigenvalue weighted by Gasteiger charge is -2.38. The molecule has 4 aromatic heterocycles. The van der Waals surface area contributed by atoms with Gasteiger partial charge in [0.25, 0.3) is 0 Å². The second-order valence-corrected chi connectivity index (χ2v) is 11.0. The summed E-state index contributed by atoms with van der Waals surface area (Å²) < 4.78 is 1.88. The van der Waals surface area contributed by atoms with Crippen LogP contribution in [0.25, 0.3) is 27.3 Å². The van der Waals surface area contributed by atoms with E-state index in [1.54, 1.807) is 17.7 Å². The molecule has 1 N–H and O–H groups in total. The molecule has 7 nitrogen and oxygen atoms in total. The number of hydrogen-bond acceptors (Lipinski definition) is 6. The van der Waals surface area contributed by atoms with Gasteiger partial charge >= 0.3 is 0 Å². The van der Waals surface area contributed by atoms with Crippen molar-refractivity contribution >= 4 is 32.5 Å². The van der Waals surface area contributed by atoms with Gasteiger partial charge in [-0.15, -0.1) is 0 Å². The number of anilines is 1. The average Bonchev–Trinajstić information content (AvgIpc) is 3.49. The van der Waals surface area contributed by atoms with E-state index in [9.17, 15) is 0 Å². The number of fused-ring (bicyclic) bond motifs is 2. The molecule has 0 amide bonds. The standard InChI is InChI=1S/C25H35N7S/c1-14(2)20-21(19-12-32-23(26-13-27-32)17(6)16(19)5)28-24-22(20)29-25(33-24)31-10-8-18(9-11-31)30(7)15(3)4/h12-15,18,28H,8-11H2,1-7H3. The van der Waals surface area contributed by atoms with Crippen LogP contribution in [-0.2, 0) is 0 Å². The molecule has 1 aliphatic heterocycles. The summed E-state index contributed by atoms with van der Waals surface area (Å²) in [4.78, 5) is 19.5. The fourth-order valence-electron chi connectivity index (χ4n) is 5.13. The second kappa shape index (κ2) is 8.40. The highest BCUT2D eigenvalue weighted by molar-refractivity contribution is 7.21. The third-order valence-electron chi connectivity index (χ3n) is 7.48. The fourth-order valence-corrected chi connectivity index (χ4v) is 6.16. The number of thiazole rings is 1. The molecule has 33 heavy (non-hydrogen) atoms. The first-order valence-electron chi connectivity index (χ1n) is 12.1. The smallest absolute Gasteiger partial charge is 0.187 e. The molecule has 0 radical (unpaired) electrons. The molecule has 176 valence electrons. The number of aromatic nitrogens is 5. The zero-order chi connectivity index (χ0) is 23.4. The number of aryl methyl sites for hydroxylation is 1. The van der Waals surface area contributed by atoms with Crippen LogP contribution in [-0.4, -0.2) is 61.7 Å². The van der Waals surface area contributed by atoms with Gasteiger partial charge in [-0.05, 0) is 64.6 Å². The molecule has 1 fully saturated rings. The minimum atomic E-state index is 0.361. The largest absolute Gasteiger partial charge is 0.348 e. The molecule has 1 saturated heterocycles. The van der Waals surface area contributed by atoms with Gasteiger partial charge in [-0.3, -0.25) is 0 Å². The molecule has 0 unspecified atom stereocenters.